The Kier molecular flexibility index (Phi) is 2.40. The second-order valence-corrected chi connectivity index (χ2v) is 3.63. The minimum atomic E-state index is -0.228. The van der Waals surface area contributed by atoms with Crippen molar-refractivity contribution < 1.29 is 9.31 Å². The van der Waals surface area contributed by atoms with Crippen LogP contribution < -0.4 is 0 Å². The number of hydrogen-bond donors (Lipinski definition) is 0. The molecule has 0 aromatic carbocycles. The molecule has 0 spiro atoms. The highest BCUT2D eigenvalue weighted by atomic mass is 16.6. The first kappa shape index (κ1) is 8.82. The lowest BCUT2D eigenvalue weighted by molar-refractivity contribution is -0.0236. The molecular weight excluding hydrogens is 139 g/mol. The Morgan fingerprint density at radius 2 is 2.27 bits per heavy atom. The lowest BCUT2D eigenvalue weighted by Crippen LogP contribution is -2.44. The van der Waals surface area contributed by atoms with Crippen molar-refractivity contribution in [3.05, 3.63) is 12.6 Å². The summed E-state index contributed by atoms with van der Waals surface area (Å²) in [5, 5.41) is 0. The van der Waals surface area contributed by atoms with E-state index in [9.17, 15) is 0 Å². The smallest absolute Gasteiger partial charge is 0.405 e. The van der Waals surface area contributed by atoms with Gasteiger partial charge >= 0.3 is 7.12 Å². The molecule has 0 aromatic heterocycles. The molecule has 1 aliphatic rings. The number of rotatable bonds is 1. The molecule has 2 nitrogen and oxygen atoms in total. The highest BCUT2D eigenvalue weighted by Gasteiger charge is 2.34. The molecule has 1 saturated heterocycles. The molecule has 0 N–H and O–H groups in total. The van der Waals surface area contributed by atoms with Gasteiger partial charge in [-0.1, -0.05) is 5.98 Å². The van der Waals surface area contributed by atoms with Gasteiger partial charge in [-0.2, -0.15) is 0 Å². The van der Waals surface area contributed by atoms with Crippen molar-refractivity contribution >= 4 is 7.12 Å². The number of hydrogen-bond acceptors (Lipinski definition) is 2. The topological polar surface area (TPSA) is 18.5 Å². The zero-order chi connectivity index (χ0) is 8.48. The molecule has 0 radical (unpaired) electrons. The molecule has 3 heteroatoms. The van der Waals surface area contributed by atoms with E-state index >= 15 is 0 Å². The standard InChI is InChI=1S/C8H15BO2/c1-5-9-10-7(2)6-8(3,4)11-9/h5,7H,1,6H2,2-4H3/t7-/m0/s1. The third-order valence-electron chi connectivity index (χ3n) is 1.77. The van der Waals surface area contributed by atoms with Crippen molar-refractivity contribution in [2.24, 2.45) is 0 Å². The molecule has 1 fully saturated rings. The van der Waals surface area contributed by atoms with Crippen LogP contribution in [0.5, 0.6) is 0 Å². The zero-order valence-corrected chi connectivity index (χ0v) is 7.46. The highest BCUT2D eigenvalue weighted by molar-refractivity contribution is 6.50. The van der Waals surface area contributed by atoms with Crippen molar-refractivity contribution in [1.82, 2.24) is 0 Å². The lowest BCUT2D eigenvalue weighted by Gasteiger charge is -2.37. The molecule has 1 heterocycles. The molecular formula is C8H15BO2. The maximum absolute atomic E-state index is 5.55. The Balaban J connectivity index is 2.57. The summed E-state index contributed by atoms with van der Waals surface area (Å²) in [6.07, 6.45) is 1.21. The Hall–Kier alpha value is -0.275. The van der Waals surface area contributed by atoms with Gasteiger partial charge in [0.25, 0.3) is 0 Å². The molecule has 62 valence electrons. The molecule has 11 heavy (non-hydrogen) atoms. The maximum Gasteiger partial charge on any atom is 0.486 e. The van der Waals surface area contributed by atoms with Gasteiger partial charge in [0.15, 0.2) is 0 Å². The highest BCUT2D eigenvalue weighted by Crippen LogP contribution is 2.25. The second kappa shape index (κ2) is 2.99. The molecule has 1 atom stereocenters. The Bertz CT molecular complexity index is 156. The fourth-order valence-corrected chi connectivity index (χ4v) is 1.46. The van der Waals surface area contributed by atoms with E-state index in [1.807, 2.05) is 0 Å². The zero-order valence-electron chi connectivity index (χ0n) is 7.46. The first-order valence-corrected chi connectivity index (χ1v) is 3.99. The molecule has 1 rings (SSSR count). The van der Waals surface area contributed by atoms with Crippen molar-refractivity contribution in [3.8, 4) is 0 Å². The van der Waals surface area contributed by atoms with Gasteiger partial charge in [0.05, 0.1) is 5.60 Å². The van der Waals surface area contributed by atoms with E-state index in [1.165, 1.54) is 0 Å². The van der Waals surface area contributed by atoms with Crippen LogP contribution in [-0.4, -0.2) is 18.8 Å². The van der Waals surface area contributed by atoms with E-state index < -0.39 is 0 Å². The van der Waals surface area contributed by atoms with Gasteiger partial charge in [-0.25, -0.2) is 0 Å². The Labute approximate surface area is 68.7 Å². The molecule has 0 aromatic rings. The molecule has 1 aliphatic heterocycles. The fourth-order valence-electron chi connectivity index (χ4n) is 1.46. The van der Waals surface area contributed by atoms with Crippen molar-refractivity contribution in [2.45, 2.75) is 38.9 Å². The largest absolute Gasteiger partial charge is 0.486 e. The third-order valence-corrected chi connectivity index (χ3v) is 1.77. The van der Waals surface area contributed by atoms with Crippen molar-refractivity contribution in [3.63, 3.8) is 0 Å². The van der Waals surface area contributed by atoms with E-state index in [4.69, 9.17) is 9.31 Å². The molecule has 0 saturated carbocycles. The SMILES string of the molecule is C=CB1O[C@@H](C)CC(C)(C)O1. The summed E-state index contributed by atoms with van der Waals surface area (Å²) in [4.78, 5) is 0. The van der Waals surface area contributed by atoms with E-state index in [0.717, 1.165) is 6.42 Å². The van der Waals surface area contributed by atoms with Gasteiger partial charge in [0.2, 0.25) is 0 Å². The van der Waals surface area contributed by atoms with Crippen LogP contribution in [0.4, 0.5) is 0 Å². The van der Waals surface area contributed by atoms with Gasteiger partial charge in [0.1, 0.15) is 0 Å². The summed E-state index contributed by atoms with van der Waals surface area (Å²) >= 11 is 0. The minimum absolute atomic E-state index is 0.0729. The second-order valence-electron chi connectivity index (χ2n) is 3.63. The van der Waals surface area contributed by atoms with Gasteiger partial charge in [-0.05, 0) is 27.2 Å². The Morgan fingerprint density at radius 3 is 2.73 bits per heavy atom. The van der Waals surface area contributed by atoms with E-state index in [0.29, 0.717) is 0 Å². The summed E-state index contributed by atoms with van der Waals surface area (Å²) in [6.45, 7) is 9.83. The van der Waals surface area contributed by atoms with Crippen LogP contribution in [0, 0.1) is 0 Å². The van der Waals surface area contributed by atoms with Crippen molar-refractivity contribution in [1.29, 1.82) is 0 Å². The van der Waals surface area contributed by atoms with Crippen LogP contribution in [0.1, 0.15) is 27.2 Å². The quantitative estimate of drug-likeness (QED) is 0.536. The summed E-state index contributed by atoms with van der Waals surface area (Å²) in [5.41, 5.74) is -0.0729. The lowest BCUT2D eigenvalue weighted by atomic mass is 9.83. The molecule has 0 unspecified atom stereocenters. The predicted octanol–water partition coefficient (Wildman–Crippen LogP) is 1.80. The third kappa shape index (κ3) is 2.35. The first-order valence-electron chi connectivity index (χ1n) is 3.99. The van der Waals surface area contributed by atoms with Crippen molar-refractivity contribution in [2.75, 3.05) is 0 Å². The predicted molar refractivity (Wildman–Crippen MR) is 46.3 cm³/mol. The molecule has 0 bridgehead atoms. The molecule has 0 aliphatic carbocycles. The molecule has 0 amide bonds. The van der Waals surface area contributed by atoms with Crippen LogP contribution in [0.3, 0.4) is 0 Å². The van der Waals surface area contributed by atoms with Gasteiger partial charge < -0.3 is 9.31 Å². The van der Waals surface area contributed by atoms with Crippen LogP contribution in [0.15, 0.2) is 12.6 Å². The van der Waals surface area contributed by atoms with E-state index in [1.54, 1.807) is 5.98 Å². The summed E-state index contributed by atoms with van der Waals surface area (Å²) < 4.78 is 11.0. The van der Waals surface area contributed by atoms with Crippen LogP contribution in [-0.2, 0) is 9.31 Å². The van der Waals surface area contributed by atoms with Crippen LogP contribution in [0.2, 0.25) is 0 Å². The van der Waals surface area contributed by atoms with Crippen LogP contribution >= 0.6 is 0 Å². The van der Waals surface area contributed by atoms with Gasteiger partial charge in [0, 0.05) is 6.10 Å². The van der Waals surface area contributed by atoms with Gasteiger partial charge in [-0.3, -0.25) is 0 Å². The monoisotopic (exact) mass is 154 g/mol. The minimum Gasteiger partial charge on any atom is -0.405 e. The average Bonchev–Trinajstić information content (AvgIpc) is 1.83. The summed E-state index contributed by atoms with van der Waals surface area (Å²) in [6, 6.07) is 0. The van der Waals surface area contributed by atoms with Crippen LogP contribution in [0.25, 0.3) is 0 Å². The van der Waals surface area contributed by atoms with E-state index in [2.05, 4.69) is 27.4 Å². The van der Waals surface area contributed by atoms with Gasteiger partial charge in [-0.15, -0.1) is 6.58 Å². The summed E-state index contributed by atoms with van der Waals surface area (Å²) in [7, 11) is -0.228. The summed E-state index contributed by atoms with van der Waals surface area (Å²) in [5.74, 6) is 1.69. The normalized spacial score (nSPS) is 30.1. The maximum atomic E-state index is 5.55. The fraction of sp³-hybridized carbons (Fsp3) is 0.750. The van der Waals surface area contributed by atoms with E-state index in [-0.39, 0.29) is 18.8 Å². The Morgan fingerprint density at radius 1 is 1.64 bits per heavy atom. The first-order chi connectivity index (χ1) is 5.03. The average molecular weight is 154 g/mol.